The molecular formula is C17H21NO4S. The van der Waals surface area contributed by atoms with Crippen molar-refractivity contribution < 1.29 is 19.1 Å². The molecule has 0 N–H and O–H groups in total. The van der Waals surface area contributed by atoms with Gasteiger partial charge in [0.15, 0.2) is 5.12 Å². The number of para-hydroxylation sites is 1. The number of thioether (sulfide) groups is 1. The highest BCUT2D eigenvalue weighted by Crippen LogP contribution is 2.34. The van der Waals surface area contributed by atoms with Gasteiger partial charge >= 0.3 is 5.97 Å². The molecule has 0 spiro atoms. The molecule has 1 amide bonds. The Kier molecular flexibility index (Phi) is 5.82. The third-order valence-corrected chi connectivity index (χ3v) is 4.80. The predicted octanol–water partition coefficient (Wildman–Crippen LogP) is 2.42. The number of nitrogens with zero attached hydrogens (tertiary/aromatic N) is 1. The first-order chi connectivity index (χ1) is 11.0. The number of esters is 1. The molecule has 6 heteroatoms. The lowest BCUT2D eigenvalue weighted by Gasteiger charge is -2.26. The van der Waals surface area contributed by atoms with Crippen LogP contribution >= 0.6 is 11.8 Å². The van der Waals surface area contributed by atoms with Crippen molar-refractivity contribution in [1.82, 2.24) is 0 Å². The summed E-state index contributed by atoms with van der Waals surface area (Å²) in [6.07, 6.45) is 0.466. The van der Waals surface area contributed by atoms with E-state index in [2.05, 4.69) is 0 Å². The van der Waals surface area contributed by atoms with Crippen molar-refractivity contribution in [2.45, 2.75) is 33.2 Å². The number of fused-ring (bicyclic) bond motifs is 1. The molecule has 0 fully saturated rings. The van der Waals surface area contributed by atoms with Crippen molar-refractivity contribution in [2.75, 3.05) is 17.3 Å². The van der Waals surface area contributed by atoms with Gasteiger partial charge in [0.2, 0.25) is 5.91 Å². The quantitative estimate of drug-likeness (QED) is 0.773. The van der Waals surface area contributed by atoms with Crippen molar-refractivity contribution in [2.24, 2.45) is 5.92 Å². The number of hydrogen-bond donors (Lipinski definition) is 0. The minimum Gasteiger partial charge on any atom is -0.464 e. The second-order valence-corrected chi connectivity index (χ2v) is 6.71. The van der Waals surface area contributed by atoms with E-state index in [1.54, 1.807) is 18.7 Å². The molecule has 0 saturated carbocycles. The minimum atomic E-state index is -0.621. The fourth-order valence-electron chi connectivity index (χ4n) is 2.64. The summed E-state index contributed by atoms with van der Waals surface area (Å²) in [4.78, 5) is 37.7. The van der Waals surface area contributed by atoms with Gasteiger partial charge in [-0.05, 0) is 18.6 Å². The summed E-state index contributed by atoms with van der Waals surface area (Å²) in [6, 6.07) is 6.89. The average molecular weight is 335 g/mol. The van der Waals surface area contributed by atoms with E-state index < -0.39 is 6.04 Å². The van der Waals surface area contributed by atoms with Crippen molar-refractivity contribution >= 4 is 34.4 Å². The smallest absolute Gasteiger partial charge is 0.329 e. The molecular weight excluding hydrogens is 314 g/mol. The van der Waals surface area contributed by atoms with Gasteiger partial charge in [-0.25, -0.2) is 4.79 Å². The highest BCUT2D eigenvalue weighted by atomic mass is 32.2. The summed E-state index contributed by atoms with van der Waals surface area (Å²) in [5.41, 5.74) is 1.72. The van der Waals surface area contributed by atoms with Crippen LogP contribution in [0.4, 0.5) is 5.69 Å². The second kappa shape index (κ2) is 7.64. The molecule has 1 aliphatic heterocycles. The minimum absolute atomic E-state index is 0.0200. The maximum absolute atomic E-state index is 12.8. The Morgan fingerprint density at radius 2 is 2.04 bits per heavy atom. The summed E-state index contributed by atoms with van der Waals surface area (Å²) in [7, 11) is 0. The highest BCUT2D eigenvalue weighted by molar-refractivity contribution is 8.13. The molecule has 0 aromatic heterocycles. The van der Waals surface area contributed by atoms with Gasteiger partial charge in [-0.1, -0.05) is 36.9 Å². The summed E-state index contributed by atoms with van der Waals surface area (Å²) in [6.45, 7) is 5.29. The summed E-state index contributed by atoms with van der Waals surface area (Å²) in [5.74, 6) is -0.486. The molecule has 1 aliphatic rings. The average Bonchev–Trinajstić information content (AvgIpc) is 2.91. The lowest BCUT2D eigenvalue weighted by molar-refractivity contribution is -0.145. The molecule has 2 unspecified atom stereocenters. The number of benzene rings is 1. The monoisotopic (exact) mass is 335 g/mol. The van der Waals surface area contributed by atoms with Gasteiger partial charge in [-0.15, -0.1) is 0 Å². The highest BCUT2D eigenvalue weighted by Gasteiger charge is 2.40. The Morgan fingerprint density at radius 3 is 2.70 bits per heavy atom. The molecule has 124 valence electrons. The largest absolute Gasteiger partial charge is 0.464 e. The zero-order chi connectivity index (χ0) is 17.0. The standard InChI is InChI=1S/C17H21NO4S/c1-4-22-17(21)15-9-13-7-5-6-8-14(13)18(15)16(20)11(2)10-23-12(3)19/h5-8,11,15H,4,9-10H2,1-3H3. The molecule has 5 nitrogen and oxygen atoms in total. The Balaban J connectivity index is 2.24. The Hall–Kier alpha value is -1.82. The normalized spacial score (nSPS) is 17.5. The zero-order valence-corrected chi connectivity index (χ0v) is 14.4. The molecule has 0 bridgehead atoms. The van der Waals surface area contributed by atoms with Crippen molar-refractivity contribution in [3.63, 3.8) is 0 Å². The van der Waals surface area contributed by atoms with Crippen LogP contribution in [0.15, 0.2) is 24.3 Å². The van der Waals surface area contributed by atoms with E-state index in [0.717, 1.165) is 23.0 Å². The van der Waals surface area contributed by atoms with Gasteiger partial charge in [0.1, 0.15) is 6.04 Å². The van der Waals surface area contributed by atoms with E-state index in [0.29, 0.717) is 12.2 Å². The second-order valence-electron chi connectivity index (χ2n) is 5.51. The molecule has 1 heterocycles. The van der Waals surface area contributed by atoms with Crippen LogP contribution in [0.2, 0.25) is 0 Å². The number of carbonyl (C=O) groups excluding carboxylic acids is 3. The molecule has 23 heavy (non-hydrogen) atoms. The van der Waals surface area contributed by atoms with E-state index in [1.807, 2.05) is 24.3 Å². The molecule has 1 aromatic carbocycles. The maximum atomic E-state index is 12.8. The van der Waals surface area contributed by atoms with Crippen LogP contribution in [0, 0.1) is 5.92 Å². The van der Waals surface area contributed by atoms with Crippen LogP contribution in [0.3, 0.4) is 0 Å². The van der Waals surface area contributed by atoms with E-state index in [1.165, 1.54) is 6.92 Å². The zero-order valence-electron chi connectivity index (χ0n) is 13.6. The van der Waals surface area contributed by atoms with Gasteiger partial charge in [-0.3, -0.25) is 14.5 Å². The first kappa shape index (κ1) is 17.5. The van der Waals surface area contributed by atoms with Crippen LogP contribution in [0.5, 0.6) is 0 Å². The number of amides is 1. The van der Waals surface area contributed by atoms with Crippen LogP contribution < -0.4 is 4.90 Å². The fraction of sp³-hybridized carbons (Fsp3) is 0.471. The topological polar surface area (TPSA) is 63.7 Å². The van der Waals surface area contributed by atoms with Crippen LogP contribution in [-0.4, -0.2) is 35.4 Å². The van der Waals surface area contributed by atoms with Gasteiger partial charge in [0.05, 0.1) is 6.61 Å². The molecule has 0 aliphatic carbocycles. The first-order valence-electron chi connectivity index (χ1n) is 7.66. The maximum Gasteiger partial charge on any atom is 0.329 e. The van der Waals surface area contributed by atoms with E-state index in [4.69, 9.17) is 4.74 Å². The van der Waals surface area contributed by atoms with Crippen LogP contribution in [-0.2, 0) is 25.5 Å². The predicted molar refractivity (Wildman–Crippen MR) is 90.4 cm³/mol. The number of rotatable bonds is 5. The SMILES string of the molecule is CCOC(=O)C1Cc2ccccc2N1C(=O)C(C)CSC(C)=O. The lowest BCUT2D eigenvalue weighted by Crippen LogP contribution is -2.46. The van der Waals surface area contributed by atoms with Crippen molar-refractivity contribution in [3.05, 3.63) is 29.8 Å². The van der Waals surface area contributed by atoms with Gasteiger partial charge in [0, 0.05) is 30.7 Å². The lowest BCUT2D eigenvalue weighted by atomic mass is 10.1. The van der Waals surface area contributed by atoms with Gasteiger partial charge in [-0.2, -0.15) is 0 Å². The number of anilines is 1. The number of carbonyl (C=O) groups is 3. The van der Waals surface area contributed by atoms with Crippen LogP contribution in [0.1, 0.15) is 26.3 Å². The van der Waals surface area contributed by atoms with E-state index in [-0.39, 0.29) is 29.5 Å². The van der Waals surface area contributed by atoms with Gasteiger partial charge in [0.25, 0.3) is 0 Å². The third kappa shape index (κ3) is 3.93. The molecule has 0 radical (unpaired) electrons. The van der Waals surface area contributed by atoms with Crippen molar-refractivity contribution in [3.8, 4) is 0 Å². The van der Waals surface area contributed by atoms with Gasteiger partial charge < -0.3 is 4.74 Å². The van der Waals surface area contributed by atoms with Crippen molar-refractivity contribution in [1.29, 1.82) is 0 Å². The Labute approximate surface area is 140 Å². The number of hydrogen-bond acceptors (Lipinski definition) is 5. The van der Waals surface area contributed by atoms with E-state index in [9.17, 15) is 14.4 Å². The summed E-state index contributed by atoms with van der Waals surface area (Å²) in [5, 5.41) is -0.0200. The molecule has 2 atom stereocenters. The molecule has 1 aromatic rings. The molecule has 0 saturated heterocycles. The Morgan fingerprint density at radius 1 is 1.35 bits per heavy atom. The third-order valence-electron chi connectivity index (χ3n) is 3.73. The summed E-state index contributed by atoms with van der Waals surface area (Å²) >= 11 is 1.13. The number of ether oxygens (including phenoxy) is 1. The first-order valence-corrected chi connectivity index (χ1v) is 8.65. The van der Waals surface area contributed by atoms with E-state index >= 15 is 0 Å². The summed E-state index contributed by atoms with van der Waals surface area (Å²) < 4.78 is 5.12. The fourth-order valence-corrected chi connectivity index (χ4v) is 3.26. The Bertz CT molecular complexity index is 616. The van der Waals surface area contributed by atoms with Crippen LogP contribution in [0.25, 0.3) is 0 Å². The molecule has 2 rings (SSSR count).